The Hall–Kier alpha value is -1.51. The summed E-state index contributed by atoms with van der Waals surface area (Å²) in [6, 6.07) is 3.98. The Morgan fingerprint density at radius 2 is 2.18 bits per heavy atom. The predicted octanol–water partition coefficient (Wildman–Crippen LogP) is 2.47. The third kappa shape index (κ3) is 5.70. The molecule has 7 heteroatoms. The number of halogens is 1. The van der Waals surface area contributed by atoms with E-state index < -0.39 is 0 Å². The summed E-state index contributed by atoms with van der Waals surface area (Å²) < 4.78 is 7.44. The molecular formula is C15H24IN5O. The van der Waals surface area contributed by atoms with Gasteiger partial charge in [-0.2, -0.15) is 5.10 Å². The van der Waals surface area contributed by atoms with Gasteiger partial charge in [0.05, 0.1) is 0 Å². The van der Waals surface area contributed by atoms with Crippen molar-refractivity contribution < 1.29 is 4.42 Å². The van der Waals surface area contributed by atoms with Gasteiger partial charge in [-0.05, 0) is 32.4 Å². The third-order valence-electron chi connectivity index (χ3n) is 3.23. The number of hydrogen-bond acceptors (Lipinski definition) is 3. The molecule has 2 rings (SSSR count). The van der Waals surface area contributed by atoms with Gasteiger partial charge in [-0.1, -0.05) is 0 Å². The van der Waals surface area contributed by atoms with Crippen LogP contribution in [0, 0.1) is 13.8 Å². The molecule has 0 aliphatic carbocycles. The molecular weight excluding hydrogens is 393 g/mol. The van der Waals surface area contributed by atoms with Gasteiger partial charge in [-0.3, -0.25) is 9.67 Å². The Kier molecular flexibility index (Phi) is 8.00. The van der Waals surface area contributed by atoms with Crippen molar-refractivity contribution in [2.24, 2.45) is 4.99 Å². The average Bonchev–Trinajstić information content (AvgIpc) is 3.08. The molecule has 22 heavy (non-hydrogen) atoms. The highest BCUT2D eigenvalue weighted by molar-refractivity contribution is 14.0. The van der Waals surface area contributed by atoms with Crippen LogP contribution in [-0.4, -0.2) is 29.3 Å². The van der Waals surface area contributed by atoms with Crippen LogP contribution >= 0.6 is 24.0 Å². The maximum atomic E-state index is 5.51. The van der Waals surface area contributed by atoms with E-state index >= 15 is 0 Å². The summed E-state index contributed by atoms with van der Waals surface area (Å²) in [4.78, 5) is 4.22. The molecule has 2 heterocycles. The van der Waals surface area contributed by atoms with Crippen molar-refractivity contribution in [2.75, 3.05) is 13.6 Å². The van der Waals surface area contributed by atoms with E-state index in [0.717, 1.165) is 42.6 Å². The number of nitrogens with one attached hydrogen (secondary N) is 2. The normalized spacial score (nSPS) is 11.1. The van der Waals surface area contributed by atoms with E-state index in [1.807, 2.05) is 36.9 Å². The first-order chi connectivity index (χ1) is 10.2. The Labute approximate surface area is 148 Å². The maximum Gasteiger partial charge on any atom is 0.191 e. The highest BCUT2D eigenvalue weighted by atomic mass is 127. The zero-order chi connectivity index (χ0) is 15.1. The maximum absolute atomic E-state index is 5.51. The molecule has 2 aromatic rings. The molecule has 0 fully saturated rings. The van der Waals surface area contributed by atoms with Gasteiger partial charge in [0, 0.05) is 44.6 Å². The molecule has 0 amide bonds. The van der Waals surface area contributed by atoms with Crippen LogP contribution in [0.3, 0.4) is 0 Å². The van der Waals surface area contributed by atoms with E-state index in [9.17, 15) is 0 Å². The highest BCUT2D eigenvalue weighted by Crippen LogP contribution is 2.12. The van der Waals surface area contributed by atoms with Crippen LogP contribution in [0.1, 0.15) is 23.5 Å². The van der Waals surface area contributed by atoms with E-state index in [4.69, 9.17) is 4.42 Å². The summed E-state index contributed by atoms with van der Waals surface area (Å²) in [6.07, 6.45) is 4.76. The van der Waals surface area contributed by atoms with Crippen LogP contribution in [0.2, 0.25) is 0 Å². The minimum atomic E-state index is 0. The standard InChI is InChI=1S/C15H23N5O.HI/c1-12-10-14(13(2)21-12)11-18-15(16-3)17-6-4-8-20-9-5-7-19-20;/h5,7,9-10H,4,6,8,11H2,1-3H3,(H2,16,17,18);1H. The molecule has 0 aromatic carbocycles. The van der Waals surface area contributed by atoms with Crippen LogP contribution in [0.25, 0.3) is 0 Å². The SMILES string of the molecule is CN=C(NCCCn1cccn1)NCc1cc(C)oc1C.I. The van der Waals surface area contributed by atoms with E-state index in [-0.39, 0.29) is 24.0 Å². The van der Waals surface area contributed by atoms with Crippen LogP contribution in [0.15, 0.2) is 33.9 Å². The van der Waals surface area contributed by atoms with E-state index in [2.05, 4.69) is 20.7 Å². The summed E-state index contributed by atoms with van der Waals surface area (Å²) in [6.45, 7) is 6.39. The fourth-order valence-electron chi connectivity index (χ4n) is 2.14. The molecule has 2 N–H and O–H groups in total. The molecule has 0 unspecified atom stereocenters. The van der Waals surface area contributed by atoms with Crippen LogP contribution in [-0.2, 0) is 13.1 Å². The summed E-state index contributed by atoms with van der Waals surface area (Å²) >= 11 is 0. The number of nitrogens with zero attached hydrogens (tertiary/aromatic N) is 3. The fourth-order valence-corrected chi connectivity index (χ4v) is 2.14. The number of aryl methyl sites for hydroxylation is 3. The molecule has 122 valence electrons. The van der Waals surface area contributed by atoms with Gasteiger partial charge < -0.3 is 15.1 Å². The number of aliphatic imine (C=N–C) groups is 1. The van der Waals surface area contributed by atoms with Gasteiger partial charge in [0.25, 0.3) is 0 Å². The summed E-state index contributed by atoms with van der Waals surface area (Å²) in [5.41, 5.74) is 1.16. The molecule has 0 saturated heterocycles. The van der Waals surface area contributed by atoms with Crippen molar-refractivity contribution in [3.63, 3.8) is 0 Å². The van der Waals surface area contributed by atoms with E-state index in [0.29, 0.717) is 6.54 Å². The fraction of sp³-hybridized carbons (Fsp3) is 0.467. The van der Waals surface area contributed by atoms with Crippen molar-refractivity contribution in [1.29, 1.82) is 0 Å². The highest BCUT2D eigenvalue weighted by Gasteiger charge is 2.05. The minimum Gasteiger partial charge on any atom is -0.466 e. The first-order valence-corrected chi connectivity index (χ1v) is 7.17. The zero-order valence-corrected chi connectivity index (χ0v) is 15.6. The lowest BCUT2D eigenvalue weighted by molar-refractivity contribution is 0.500. The summed E-state index contributed by atoms with van der Waals surface area (Å²) in [7, 11) is 1.77. The lowest BCUT2D eigenvalue weighted by Crippen LogP contribution is -2.37. The Morgan fingerprint density at radius 3 is 2.77 bits per heavy atom. The second kappa shape index (κ2) is 9.50. The summed E-state index contributed by atoms with van der Waals surface area (Å²) in [5, 5.41) is 10.8. The average molecular weight is 417 g/mol. The molecule has 0 bridgehead atoms. The van der Waals surface area contributed by atoms with Crippen molar-refractivity contribution in [1.82, 2.24) is 20.4 Å². The van der Waals surface area contributed by atoms with Gasteiger partial charge in [0.15, 0.2) is 5.96 Å². The van der Waals surface area contributed by atoms with Gasteiger partial charge in [0.1, 0.15) is 11.5 Å². The summed E-state index contributed by atoms with van der Waals surface area (Å²) in [5.74, 6) is 2.69. The number of hydrogen-bond donors (Lipinski definition) is 2. The molecule has 2 aromatic heterocycles. The Balaban J connectivity index is 0.00000242. The lowest BCUT2D eigenvalue weighted by atomic mass is 10.2. The number of furan rings is 1. The van der Waals surface area contributed by atoms with E-state index in [1.54, 1.807) is 13.2 Å². The molecule has 0 spiro atoms. The Morgan fingerprint density at radius 1 is 1.36 bits per heavy atom. The first-order valence-electron chi connectivity index (χ1n) is 7.17. The van der Waals surface area contributed by atoms with Crippen molar-refractivity contribution in [2.45, 2.75) is 33.4 Å². The topological polar surface area (TPSA) is 67.4 Å². The van der Waals surface area contributed by atoms with Crippen molar-refractivity contribution in [3.8, 4) is 0 Å². The molecule has 0 aliphatic rings. The molecule has 0 radical (unpaired) electrons. The molecule has 6 nitrogen and oxygen atoms in total. The minimum absolute atomic E-state index is 0. The van der Waals surface area contributed by atoms with Crippen LogP contribution in [0.4, 0.5) is 0 Å². The van der Waals surface area contributed by atoms with Crippen LogP contribution < -0.4 is 10.6 Å². The quantitative estimate of drug-likeness (QED) is 0.328. The molecule has 0 atom stereocenters. The predicted molar refractivity (Wildman–Crippen MR) is 98.6 cm³/mol. The zero-order valence-electron chi connectivity index (χ0n) is 13.3. The Bertz CT molecular complexity index is 577. The third-order valence-corrected chi connectivity index (χ3v) is 3.23. The number of rotatable bonds is 6. The van der Waals surface area contributed by atoms with Crippen molar-refractivity contribution >= 4 is 29.9 Å². The second-order valence-electron chi connectivity index (χ2n) is 4.91. The number of guanidine groups is 1. The van der Waals surface area contributed by atoms with Gasteiger partial charge in [0.2, 0.25) is 0 Å². The largest absolute Gasteiger partial charge is 0.466 e. The molecule has 0 saturated carbocycles. The number of aromatic nitrogens is 2. The second-order valence-corrected chi connectivity index (χ2v) is 4.91. The smallest absolute Gasteiger partial charge is 0.191 e. The van der Waals surface area contributed by atoms with Gasteiger partial charge in [-0.15, -0.1) is 24.0 Å². The lowest BCUT2D eigenvalue weighted by Gasteiger charge is -2.11. The van der Waals surface area contributed by atoms with Crippen molar-refractivity contribution in [3.05, 3.63) is 41.6 Å². The van der Waals surface area contributed by atoms with Crippen LogP contribution in [0.5, 0.6) is 0 Å². The monoisotopic (exact) mass is 417 g/mol. The van der Waals surface area contributed by atoms with Gasteiger partial charge in [-0.25, -0.2) is 0 Å². The van der Waals surface area contributed by atoms with E-state index in [1.165, 1.54) is 0 Å². The molecule has 0 aliphatic heterocycles. The first kappa shape index (κ1) is 18.5. The van der Waals surface area contributed by atoms with Gasteiger partial charge >= 0.3 is 0 Å².